The van der Waals surface area contributed by atoms with Crippen molar-refractivity contribution in [3.8, 4) is 11.5 Å². The maximum absolute atomic E-state index is 11.3. The fourth-order valence-corrected chi connectivity index (χ4v) is 1.81. The summed E-state index contributed by atoms with van der Waals surface area (Å²) in [5, 5.41) is 3.69. The van der Waals surface area contributed by atoms with E-state index in [1.807, 2.05) is 6.07 Å². The molecular weight excluding hydrogens is 302 g/mol. The molecule has 0 bridgehead atoms. The molecule has 1 heterocycles. The number of rotatable bonds is 7. The van der Waals surface area contributed by atoms with Crippen LogP contribution in [0, 0.1) is 0 Å². The van der Waals surface area contributed by atoms with Gasteiger partial charge in [0.25, 0.3) is 0 Å². The van der Waals surface area contributed by atoms with Gasteiger partial charge >= 0.3 is 5.97 Å². The molecule has 0 saturated heterocycles. The van der Waals surface area contributed by atoms with Gasteiger partial charge in [-0.3, -0.25) is 0 Å². The smallest absolute Gasteiger partial charge is 0.373 e. The molecule has 0 radical (unpaired) electrons. The first-order chi connectivity index (χ1) is 11.2. The summed E-state index contributed by atoms with van der Waals surface area (Å²) in [5.41, 5.74) is 0.807. The SMILES string of the molecule is CON=Cc1ccc(OCc2ccc(C(=O)OC)o2)c(OC)c1. The van der Waals surface area contributed by atoms with Crippen molar-refractivity contribution >= 4 is 12.2 Å². The number of esters is 1. The Hall–Kier alpha value is -2.96. The highest BCUT2D eigenvalue weighted by Gasteiger charge is 2.12. The van der Waals surface area contributed by atoms with E-state index in [1.54, 1.807) is 31.5 Å². The quantitative estimate of drug-likeness (QED) is 0.443. The number of furan rings is 1. The van der Waals surface area contributed by atoms with Crippen molar-refractivity contribution in [1.29, 1.82) is 0 Å². The van der Waals surface area contributed by atoms with Gasteiger partial charge in [0, 0.05) is 5.56 Å². The van der Waals surface area contributed by atoms with E-state index in [-0.39, 0.29) is 12.4 Å². The average Bonchev–Trinajstić information content (AvgIpc) is 3.06. The summed E-state index contributed by atoms with van der Waals surface area (Å²) in [7, 11) is 4.30. The van der Waals surface area contributed by atoms with Crippen molar-refractivity contribution in [3.63, 3.8) is 0 Å². The Morgan fingerprint density at radius 1 is 1.17 bits per heavy atom. The van der Waals surface area contributed by atoms with Crippen LogP contribution in [-0.4, -0.2) is 33.5 Å². The highest BCUT2D eigenvalue weighted by atomic mass is 16.6. The number of benzene rings is 1. The molecule has 0 aliphatic rings. The molecule has 0 aliphatic carbocycles. The third kappa shape index (κ3) is 4.26. The number of carbonyl (C=O) groups excluding carboxylic acids is 1. The molecule has 0 saturated carbocycles. The molecule has 122 valence electrons. The lowest BCUT2D eigenvalue weighted by atomic mass is 10.2. The zero-order chi connectivity index (χ0) is 16.7. The van der Waals surface area contributed by atoms with Gasteiger partial charge in [-0.1, -0.05) is 5.16 Å². The van der Waals surface area contributed by atoms with E-state index < -0.39 is 5.97 Å². The molecule has 0 spiro atoms. The van der Waals surface area contributed by atoms with Crippen LogP contribution in [-0.2, 0) is 16.2 Å². The van der Waals surface area contributed by atoms with Crippen molar-refractivity contribution < 1.29 is 28.3 Å². The zero-order valence-corrected chi connectivity index (χ0v) is 13.1. The highest BCUT2D eigenvalue weighted by Crippen LogP contribution is 2.28. The number of methoxy groups -OCH3 is 2. The van der Waals surface area contributed by atoms with Crippen LogP contribution in [0.2, 0.25) is 0 Å². The second kappa shape index (κ2) is 7.88. The lowest BCUT2D eigenvalue weighted by Gasteiger charge is -2.10. The second-order valence-electron chi connectivity index (χ2n) is 4.37. The fourth-order valence-electron chi connectivity index (χ4n) is 1.81. The monoisotopic (exact) mass is 319 g/mol. The summed E-state index contributed by atoms with van der Waals surface area (Å²) in [5.74, 6) is 1.18. The Morgan fingerprint density at radius 2 is 2.00 bits per heavy atom. The Labute approximate surface area is 133 Å². The van der Waals surface area contributed by atoms with Crippen molar-refractivity contribution in [1.82, 2.24) is 0 Å². The van der Waals surface area contributed by atoms with Crippen LogP contribution >= 0.6 is 0 Å². The molecule has 7 heteroatoms. The van der Waals surface area contributed by atoms with Crippen molar-refractivity contribution in [2.75, 3.05) is 21.3 Å². The molecule has 7 nitrogen and oxygen atoms in total. The van der Waals surface area contributed by atoms with Gasteiger partial charge in [0.2, 0.25) is 5.76 Å². The van der Waals surface area contributed by atoms with Crippen molar-refractivity contribution in [3.05, 3.63) is 47.4 Å². The normalized spacial score (nSPS) is 10.6. The van der Waals surface area contributed by atoms with Crippen molar-refractivity contribution in [2.24, 2.45) is 5.16 Å². The Bertz CT molecular complexity index is 692. The summed E-state index contributed by atoms with van der Waals surface area (Å²) < 4.78 is 20.8. The standard InChI is InChI=1S/C16H17NO6/c1-19-15-8-11(9-17-21-3)4-6-13(15)22-10-12-5-7-14(23-12)16(18)20-2/h4-9H,10H2,1-3H3. The third-order valence-corrected chi connectivity index (χ3v) is 2.91. The van der Waals surface area contributed by atoms with Gasteiger partial charge in [-0.15, -0.1) is 0 Å². The molecule has 0 N–H and O–H groups in total. The van der Waals surface area contributed by atoms with Gasteiger partial charge in [-0.05, 0) is 30.3 Å². The number of carbonyl (C=O) groups is 1. The molecule has 2 rings (SSSR count). The van der Waals surface area contributed by atoms with Crippen LogP contribution in [0.4, 0.5) is 0 Å². The molecule has 23 heavy (non-hydrogen) atoms. The first-order valence-corrected chi connectivity index (χ1v) is 6.72. The molecule has 0 aliphatic heterocycles. The minimum absolute atomic E-state index is 0.129. The van der Waals surface area contributed by atoms with E-state index in [4.69, 9.17) is 13.9 Å². The number of ether oxygens (including phenoxy) is 3. The van der Waals surface area contributed by atoms with Gasteiger partial charge < -0.3 is 23.5 Å². The molecule has 0 fully saturated rings. The molecular formula is C16H17NO6. The van der Waals surface area contributed by atoms with Crippen LogP contribution in [0.5, 0.6) is 11.5 Å². The summed E-state index contributed by atoms with van der Waals surface area (Å²) >= 11 is 0. The van der Waals surface area contributed by atoms with Gasteiger partial charge in [-0.25, -0.2) is 4.79 Å². The Kier molecular flexibility index (Phi) is 5.62. The van der Waals surface area contributed by atoms with Gasteiger partial charge in [-0.2, -0.15) is 0 Å². The number of oxime groups is 1. The number of hydrogen-bond donors (Lipinski definition) is 0. The molecule has 1 aromatic carbocycles. The molecule has 0 unspecified atom stereocenters. The van der Waals surface area contributed by atoms with Crippen LogP contribution in [0.1, 0.15) is 21.9 Å². The molecule has 1 aromatic heterocycles. The summed E-state index contributed by atoms with van der Waals surface area (Å²) in [6, 6.07) is 8.51. The topological polar surface area (TPSA) is 79.5 Å². The van der Waals surface area contributed by atoms with Gasteiger partial charge in [0.1, 0.15) is 19.5 Å². The molecule has 2 aromatic rings. The maximum Gasteiger partial charge on any atom is 0.373 e. The number of hydrogen-bond acceptors (Lipinski definition) is 7. The fraction of sp³-hybridized carbons (Fsp3) is 0.250. The zero-order valence-electron chi connectivity index (χ0n) is 13.1. The van der Waals surface area contributed by atoms with E-state index in [0.717, 1.165) is 5.56 Å². The predicted molar refractivity (Wildman–Crippen MR) is 82.0 cm³/mol. The van der Waals surface area contributed by atoms with Crippen LogP contribution < -0.4 is 9.47 Å². The predicted octanol–water partition coefficient (Wildman–Crippen LogP) is 2.63. The highest BCUT2D eigenvalue weighted by molar-refractivity contribution is 5.86. The third-order valence-electron chi connectivity index (χ3n) is 2.91. The first kappa shape index (κ1) is 16.4. The van der Waals surface area contributed by atoms with Crippen LogP contribution in [0.15, 0.2) is 39.9 Å². The first-order valence-electron chi connectivity index (χ1n) is 6.72. The average molecular weight is 319 g/mol. The largest absolute Gasteiger partial charge is 0.493 e. The Morgan fingerprint density at radius 3 is 2.70 bits per heavy atom. The molecule has 0 atom stereocenters. The minimum Gasteiger partial charge on any atom is -0.493 e. The summed E-state index contributed by atoms with van der Waals surface area (Å²) in [4.78, 5) is 16.0. The van der Waals surface area contributed by atoms with E-state index >= 15 is 0 Å². The summed E-state index contributed by atoms with van der Waals surface area (Å²) in [6.07, 6.45) is 1.56. The lowest BCUT2D eigenvalue weighted by Crippen LogP contribution is -1.99. The lowest BCUT2D eigenvalue weighted by molar-refractivity contribution is 0.0561. The van der Waals surface area contributed by atoms with Crippen LogP contribution in [0.25, 0.3) is 0 Å². The van der Waals surface area contributed by atoms with E-state index in [0.29, 0.717) is 17.3 Å². The van der Waals surface area contributed by atoms with E-state index in [2.05, 4.69) is 14.7 Å². The van der Waals surface area contributed by atoms with E-state index in [9.17, 15) is 4.79 Å². The second-order valence-corrected chi connectivity index (χ2v) is 4.37. The van der Waals surface area contributed by atoms with Gasteiger partial charge in [0.15, 0.2) is 11.5 Å². The minimum atomic E-state index is -0.532. The molecule has 0 amide bonds. The maximum atomic E-state index is 11.3. The van der Waals surface area contributed by atoms with Crippen LogP contribution in [0.3, 0.4) is 0 Å². The van der Waals surface area contributed by atoms with Gasteiger partial charge in [0.05, 0.1) is 20.4 Å². The number of nitrogens with zero attached hydrogens (tertiary/aromatic N) is 1. The van der Waals surface area contributed by atoms with E-state index in [1.165, 1.54) is 20.3 Å². The Balaban J connectivity index is 2.06. The summed E-state index contributed by atoms with van der Waals surface area (Å²) in [6.45, 7) is 0.152. The van der Waals surface area contributed by atoms with Crippen molar-refractivity contribution in [2.45, 2.75) is 6.61 Å².